The van der Waals surface area contributed by atoms with Crippen molar-refractivity contribution in [3.05, 3.63) is 89.0 Å². The van der Waals surface area contributed by atoms with Gasteiger partial charge in [-0.25, -0.2) is 4.79 Å². The van der Waals surface area contributed by atoms with Gasteiger partial charge in [-0.15, -0.1) is 0 Å². The molecule has 38 heavy (non-hydrogen) atoms. The molecular weight excluding hydrogens is 482 g/mol. The summed E-state index contributed by atoms with van der Waals surface area (Å²) in [6.45, 7) is 8.24. The molecule has 8 nitrogen and oxygen atoms in total. The number of benzene rings is 3. The van der Waals surface area contributed by atoms with Crippen LogP contribution in [0.3, 0.4) is 0 Å². The lowest BCUT2D eigenvalue weighted by Gasteiger charge is -2.19. The van der Waals surface area contributed by atoms with Crippen LogP contribution in [-0.4, -0.2) is 40.3 Å². The quantitative estimate of drug-likeness (QED) is 0.322. The van der Waals surface area contributed by atoms with Crippen LogP contribution in [-0.2, 0) is 16.6 Å². The van der Waals surface area contributed by atoms with E-state index in [1.54, 1.807) is 43.5 Å². The van der Waals surface area contributed by atoms with E-state index in [4.69, 9.17) is 9.26 Å². The molecule has 0 saturated heterocycles. The molecule has 0 aliphatic rings. The zero-order valence-electron chi connectivity index (χ0n) is 22.1. The van der Waals surface area contributed by atoms with Gasteiger partial charge >= 0.3 is 5.97 Å². The van der Waals surface area contributed by atoms with E-state index in [1.165, 1.54) is 0 Å². The predicted octanol–water partition coefficient (Wildman–Crippen LogP) is 5.44. The van der Waals surface area contributed by atoms with Gasteiger partial charge in [0.05, 0.1) is 12.7 Å². The van der Waals surface area contributed by atoms with E-state index < -0.39 is 17.9 Å². The Labute approximate surface area is 221 Å². The Balaban J connectivity index is 1.45. The van der Waals surface area contributed by atoms with Crippen molar-refractivity contribution >= 4 is 11.9 Å². The Hall–Kier alpha value is -4.46. The number of amides is 1. The van der Waals surface area contributed by atoms with Crippen LogP contribution in [0.2, 0.25) is 0 Å². The molecule has 1 atom stereocenters. The lowest BCUT2D eigenvalue weighted by molar-refractivity contribution is -0.139. The van der Waals surface area contributed by atoms with Gasteiger partial charge in [0.25, 0.3) is 11.8 Å². The third kappa shape index (κ3) is 6.08. The van der Waals surface area contributed by atoms with Crippen LogP contribution in [0.5, 0.6) is 5.75 Å². The highest BCUT2D eigenvalue weighted by Gasteiger charge is 2.22. The molecule has 2 N–H and O–H groups in total. The first-order valence-corrected chi connectivity index (χ1v) is 12.3. The topological polar surface area (TPSA) is 115 Å². The van der Waals surface area contributed by atoms with E-state index in [0.29, 0.717) is 34.2 Å². The Bertz CT molecular complexity index is 1430. The highest BCUT2D eigenvalue weighted by atomic mass is 16.5. The largest absolute Gasteiger partial charge is 0.496 e. The van der Waals surface area contributed by atoms with Crippen molar-refractivity contribution in [2.45, 2.75) is 45.6 Å². The van der Waals surface area contributed by atoms with Gasteiger partial charge in [-0.05, 0) is 53.3 Å². The first-order valence-electron chi connectivity index (χ1n) is 12.3. The van der Waals surface area contributed by atoms with Crippen molar-refractivity contribution in [1.29, 1.82) is 0 Å². The number of carbonyl (C=O) groups is 2. The van der Waals surface area contributed by atoms with Crippen LogP contribution < -0.4 is 10.1 Å². The van der Waals surface area contributed by atoms with Crippen molar-refractivity contribution in [2.24, 2.45) is 0 Å². The number of hydrogen-bond donors (Lipinski definition) is 2. The molecule has 0 fully saturated rings. The molecule has 0 radical (unpaired) electrons. The number of nitrogens with zero attached hydrogens (tertiary/aromatic N) is 2. The van der Waals surface area contributed by atoms with Crippen molar-refractivity contribution in [1.82, 2.24) is 15.5 Å². The molecule has 8 heteroatoms. The number of hydrogen-bond acceptors (Lipinski definition) is 6. The maximum atomic E-state index is 12.7. The van der Waals surface area contributed by atoms with Crippen LogP contribution in [0.25, 0.3) is 22.8 Å². The van der Waals surface area contributed by atoms with E-state index in [9.17, 15) is 14.7 Å². The number of ether oxygens (including phenoxy) is 1. The average Bonchev–Trinajstić information content (AvgIpc) is 3.38. The highest BCUT2D eigenvalue weighted by Crippen LogP contribution is 2.31. The van der Waals surface area contributed by atoms with Gasteiger partial charge < -0.3 is 19.7 Å². The van der Waals surface area contributed by atoms with Crippen molar-refractivity contribution < 1.29 is 24.0 Å². The number of carboxylic acids is 1. The molecule has 0 aliphatic heterocycles. The average molecular weight is 514 g/mol. The summed E-state index contributed by atoms with van der Waals surface area (Å²) >= 11 is 0. The normalized spacial score (nSPS) is 12.1. The molecule has 0 spiro atoms. The minimum atomic E-state index is -1.11. The summed E-state index contributed by atoms with van der Waals surface area (Å²) < 4.78 is 10.9. The number of aromatic nitrogens is 2. The van der Waals surface area contributed by atoms with E-state index in [1.807, 2.05) is 37.3 Å². The highest BCUT2D eigenvalue weighted by molar-refractivity contribution is 5.96. The SMILES string of the molecule is COc1cc(C)ccc1-c1nc(-c2ccc(C[C@H](NC(=O)c3ccc(C(C)(C)C)cc3)C(=O)O)cc2)no1. The smallest absolute Gasteiger partial charge is 0.326 e. The molecule has 1 amide bonds. The fraction of sp³-hybridized carbons (Fsp3) is 0.267. The van der Waals surface area contributed by atoms with Gasteiger partial charge in [-0.1, -0.05) is 68.4 Å². The number of aliphatic carboxylic acids is 1. The van der Waals surface area contributed by atoms with Crippen molar-refractivity contribution in [2.75, 3.05) is 7.11 Å². The summed E-state index contributed by atoms with van der Waals surface area (Å²) in [7, 11) is 1.59. The van der Waals surface area contributed by atoms with Crippen LogP contribution in [0.4, 0.5) is 0 Å². The summed E-state index contributed by atoms with van der Waals surface area (Å²) in [5.74, 6) is -0.160. The van der Waals surface area contributed by atoms with Gasteiger partial charge in [-0.2, -0.15) is 4.98 Å². The number of carboxylic acid groups (broad SMARTS) is 1. The molecule has 4 rings (SSSR count). The zero-order valence-corrected chi connectivity index (χ0v) is 22.1. The molecular formula is C30H31N3O5. The second-order valence-corrected chi connectivity index (χ2v) is 10.2. The first-order chi connectivity index (χ1) is 18.0. The van der Waals surface area contributed by atoms with Gasteiger partial charge in [-0.3, -0.25) is 4.79 Å². The van der Waals surface area contributed by atoms with Crippen LogP contribution in [0.15, 0.2) is 71.3 Å². The first kappa shape index (κ1) is 26.6. The predicted molar refractivity (Wildman–Crippen MR) is 144 cm³/mol. The molecule has 0 unspecified atom stereocenters. The maximum Gasteiger partial charge on any atom is 0.326 e. The molecule has 0 bridgehead atoms. The lowest BCUT2D eigenvalue weighted by atomic mass is 9.86. The minimum Gasteiger partial charge on any atom is -0.496 e. The van der Waals surface area contributed by atoms with Crippen LogP contribution >= 0.6 is 0 Å². The molecule has 3 aromatic carbocycles. The standard InChI is InChI=1S/C30H31N3O5/c1-18-6-15-23(25(16-18)37-5)28-32-26(33-38-28)20-9-7-19(8-10-20)17-24(29(35)36)31-27(34)21-11-13-22(14-12-21)30(2,3)4/h6-16,24H,17H2,1-5H3,(H,31,34)(H,35,36)/t24-/m0/s1. The molecule has 1 aromatic heterocycles. The Kier molecular flexibility index (Phi) is 7.62. The van der Waals surface area contributed by atoms with E-state index in [2.05, 4.69) is 36.2 Å². The second-order valence-electron chi connectivity index (χ2n) is 10.2. The number of carbonyl (C=O) groups excluding carboxylic acids is 1. The summed E-state index contributed by atoms with van der Waals surface area (Å²) in [5, 5.41) is 16.4. The third-order valence-corrected chi connectivity index (χ3v) is 6.28. The molecule has 0 saturated carbocycles. The monoisotopic (exact) mass is 513 g/mol. The van der Waals surface area contributed by atoms with E-state index in [-0.39, 0.29) is 11.8 Å². The minimum absolute atomic E-state index is 0.0403. The van der Waals surface area contributed by atoms with Crippen molar-refractivity contribution in [3.8, 4) is 28.6 Å². The van der Waals surface area contributed by atoms with Gasteiger partial charge in [0.1, 0.15) is 11.8 Å². The molecule has 196 valence electrons. The number of aryl methyl sites for hydroxylation is 1. The third-order valence-electron chi connectivity index (χ3n) is 6.28. The van der Waals surface area contributed by atoms with E-state index >= 15 is 0 Å². The van der Waals surface area contributed by atoms with Crippen LogP contribution in [0.1, 0.15) is 47.8 Å². The van der Waals surface area contributed by atoms with Gasteiger partial charge in [0, 0.05) is 17.5 Å². The fourth-order valence-electron chi connectivity index (χ4n) is 4.01. The summed E-state index contributed by atoms with van der Waals surface area (Å²) in [6.07, 6.45) is 0.124. The van der Waals surface area contributed by atoms with Gasteiger partial charge in [0.15, 0.2) is 0 Å². The Morgan fingerprint density at radius 3 is 2.32 bits per heavy atom. The van der Waals surface area contributed by atoms with E-state index in [0.717, 1.165) is 16.7 Å². The number of methoxy groups -OCH3 is 1. The molecule has 4 aromatic rings. The van der Waals surface area contributed by atoms with Gasteiger partial charge in [0.2, 0.25) is 5.82 Å². The fourth-order valence-corrected chi connectivity index (χ4v) is 4.01. The maximum absolute atomic E-state index is 12.7. The Morgan fingerprint density at radius 2 is 1.71 bits per heavy atom. The molecule has 1 heterocycles. The van der Waals surface area contributed by atoms with Crippen LogP contribution in [0, 0.1) is 6.92 Å². The second kappa shape index (κ2) is 10.9. The lowest BCUT2D eigenvalue weighted by Crippen LogP contribution is -2.42. The Morgan fingerprint density at radius 1 is 1.03 bits per heavy atom. The van der Waals surface area contributed by atoms with Crippen molar-refractivity contribution in [3.63, 3.8) is 0 Å². The zero-order chi connectivity index (χ0) is 27.4. The molecule has 0 aliphatic carbocycles. The summed E-state index contributed by atoms with van der Waals surface area (Å²) in [4.78, 5) is 29.1. The number of nitrogens with one attached hydrogen (secondary N) is 1. The summed E-state index contributed by atoms with van der Waals surface area (Å²) in [6, 6.07) is 19.0. The summed E-state index contributed by atoms with van der Waals surface area (Å²) in [5.41, 5.74) is 4.67. The number of rotatable bonds is 8.